The summed E-state index contributed by atoms with van der Waals surface area (Å²) in [6.07, 6.45) is 6.17. The quantitative estimate of drug-likeness (QED) is 0.737. The van der Waals surface area contributed by atoms with Crippen LogP contribution in [-0.2, 0) is 22.6 Å². The number of nitrogens with zero attached hydrogens (tertiary/aromatic N) is 6. The van der Waals surface area contributed by atoms with Crippen molar-refractivity contribution in [1.29, 1.82) is 5.26 Å². The van der Waals surface area contributed by atoms with Gasteiger partial charge in [-0.3, -0.25) is 19.5 Å². The van der Waals surface area contributed by atoms with Gasteiger partial charge in [0, 0.05) is 56.9 Å². The van der Waals surface area contributed by atoms with E-state index in [1.54, 1.807) is 6.21 Å². The van der Waals surface area contributed by atoms with E-state index in [0.717, 1.165) is 17.7 Å². The molecule has 3 aliphatic heterocycles. The van der Waals surface area contributed by atoms with E-state index in [4.69, 9.17) is 10.00 Å². The van der Waals surface area contributed by atoms with Gasteiger partial charge < -0.3 is 9.64 Å². The highest BCUT2D eigenvalue weighted by atomic mass is 16.5. The molecule has 4 heterocycles. The summed E-state index contributed by atoms with van der Waals surface area (Å²) in [6.45, 7) is 4.17. The molecule has 2 atom stereocenters. The highest BCUT2D eigenvalue weighted by molar-refractivity contribution is 6.12. The summed E-state index contributed by atoms with van der Waals surface area (Å²) < 4.78 is 6.15. The van der Waals surface area contributed by atoms with Crippen molar-refractivity contribution < 1.29 is 14.3 Å². The highest BCUT2D eigenvalue weighted by Crippen LogP contribution is 2.28. The van der Waals surface area contributed by atoms with Crippen LogP contribution in [0.4, 0.5) is 0 Å². The molecule has 150 valence electrons. The third-order valence-electron chi connectivity index (χ3n) is 5.55. The predicted molar refractivity (Wildman–Crippen MR) is 103 cm³/mol. The molecule has 1 aromatic rings. The molecule has 1 unspecified atom stereocenters. The first kappa shape index (κ1) is 19.2. The van der Waals surface area contributed by atoms with Crippen LogP contribution in [0.5, 0.6) is 5.88 Å². The Kier molecular flexibility index (Phi) is 5.36. The number of fused-ring (bicyclic) bond motifs is 1. The average molecular weight is 394 g/mol. The third-order valence-corrected chi connectivity index (χ3v) is 5.55. The van der Waals surface area contributed by atoms with Crippen molar-refractivity contribution in [3.63, 3.8) is 0 Å². The Bertz CT molecular complexity index is 935. The maximum atomic E-state index is 12.5. The lowest BCUT2D eigenvalue weighted by atomic mass is 9.99. The Morgan fingerprint density at radius 3 is 3.03 bits per heavy atom. The zero-order valence-corrected chi connectivity index (χ0v) is 16.2. The summed E-state index contributed by atoms with van der Waals surface area (Å²) in [6, 6.07) is 1.34. The van der Waals surface area contributed by atoms with E-state index in [1.807, 2.05) is 22.8 Å². The van der Waals surface area contributed by atoms with Crippen LogP contribution in [0.3, 0.4) is 0 Å². The van der Waals surface area contributed by atoms with Crippen molar-refractivity contribution in [2.75, 3.05) is 19.6 Å². The lowest BCUT2D eigenvalue weighted by Gasteiger charge is -2.33. The maximum absolute atomic E-state index is 12.5. The number of rotatable bonds is 4. The van der Waals surface area contributed by atoms with Crippen molar-refractivity contribution in [3.8, 4) is 11.9 Å². The number of aliphatic imine (C=N–C) groups is 1. The van der Waals surface area contributed by atoms with Gasteiger partial charge in [0.15, 0.2) is 5.78 Å². The minimum Gasteiger partial charge on any atom is -0.472 e. The normalized spacial score (nSPS) is 24.1. The van der Waals surface area contributed by atoms with Gasteiger partial charge in [-0.15, -0.1) is 0 Å². The molecule has 3 aliphatic rings. The van der Waals surface area contributed by atoms with Crippen LogP contribution in [0.1, 0.15) is 31.0 Å². The standard InChI is InChI=1S/C20H22N6O3/c1-2-18(27)26-5-3-14(10-26)29-20-15-11-25(6-4-16(15)23-12-24-20)17-9-22-8-13(7-21)19(17)28/h8-9,12,14,17H,2-6,10-11H2,1H3/t14-,17?/m0/s1. The first-order valence-corrected chi connectivity index (χ1v) is 9.79. The number of hydrogen-bond acceptors (Lipinski definition) is 8. The molecule has 0 N–H and O–H groups in total. The second-order valence-electron chi connectivity index (χ2n) is 7.31. The molecule has 4 rings (SSSR count). The molecular formula is C20H22N6O3. The fourth-order valence-corrected chi connectivity index (χ4v) is 3.94. The summed E-state index contributed by atoms with van der Waals surface area (Å²) in [7, 11) is 0. The van der Waals surface area contributed by atoms with Gasteiger partial charge in [0.2, 0.25) is 11.8 Å². The monoisotopic (exact) mass is 394 g/mol. The Morgan fingerprint density at radius 2 is 2.24 bits per heavy atom. The smallest absolute Gasteiger partial charge is 0.222 e. The summed E-state index contributed by atoms with van der Waals surface area (Å²) in [5, 5.41) is 9.12. The molecule has 0 saturated carbocycles. The molecule has 0 radical (unpaired) electrons. The van der Waals surface area contributed by atoms with Gasteiger partial charge in [-0.1, -0.05) is 6.92 Å². The first-order valence-electron chi connectivity index (χ1n) is 9.79. The molecule has 1 aromatic heterocycles. The van der Waals surface area contributed by atoms with Gasteiger partial charge in [-0.25, -0.2) is 9.97 Å². The zero-order chi connectivity index (χ0) is 20.4. The Morgan fingerprint density at radius 1 is 1.38 bits per heavy atom. The number of nitriles is 1. The lowest BCUT2D eigenvalue weighted by Crippen LogP contribution is -2.46. The van der Waals surface area contributed by atoms with Crippen molar-refractivity contribution in [1.82, 2.24) is 19.8 Å². The molecule has 29 heavy (non-hydrogen) atoms. The Hall–Kier alpha value is -3.12. The summed E-state index contributed by atoms with van der Waals surface area (Å²) in [5.74, 6) is 0.393. The molecule has 0 aromatic carbocycles. The molecule has 0 bridgehead atoms. The van der Waals surface area contributed by atoms with Crippen molar-refractivity contribution in [2.45, 2.75) is 44.9 Å². The van der Waals surface area contributed by atoms with Gasteiger partial charge in [-0.2, -0.15) is 5.26 Å². The fraction of sp³-hybridized carbons (Fsp3) is 0.500. The fourth-order valence-electron chi connectivity index (χ4n) is 3.94. The van der Waals surface area contributed by atoms with Crippen molar-refractivity contribution in [3.05, 3.63) is 29.4 Å². The molecule has 9 heteroatoms. The SMILES string of the molecule is CCC(=O)N1CC[C@H](Oc2ncnc3c2CN(C2C=NC=C(C#N)C2=O)CC3)C1. The van der Waals surface area contributed by atoms with E-state index in [0.29, 0.717) is 44.9 Å². The van der Waals surface area contributed by atoms with E-state index < -0.39 is 6.04 Å². The van der Waals surface area contributed by atoms with E-state index in [2.05, 4.69) is 15.0 Å². The summed E-state index contributed by atoms with van der Waals surface area (Å²) in [5.41, 5.74) is 1.82. The summed E-state index contributed by atoms with van der Waals surface area (Å²) >= 11 is 0. The molecule has 1 saturated heterocycles. The number of carbonyl (C=O) groups is 2. The Balaban J connectivity index is 1.50. The van der Waals surface area contributed by atoms with Crippen molar-refractivity contribution in [2.24, 2.45) is 4.99 Å². The van der Waals surface area contributed by atoms with Crippen LogP contribution in [-0.4, -0.2) is 69.5 Å². The number of ether oxygens (including phenoxy) is 1. The minimum atomic E-state index is -0.569. The Labute approximate surface area is 168 Å². The zero-order valence-electron chi connectivity index (χ0n) is 16.2. The number of aromatic nitrogens is 2. The second-order valence-corrected chi connectivity index (χ2v) is 7.31. The number of hydrogen-bond donors (Lipinski definition) is 0. The van der Waals surface area contributed by atoms with Crippen LogP contribution < -0.4 is 4.74 Å². The van der Waals surface area contributed by atoms with E-state index in [9.17, 15) is 9.59 Å². The minimum absolute atomic E-state index is 0.0655. The maximum Gasteiger partial charge on any atom is 0.222 e. The average Bonchev–Trinajstić information content (AvgIpc) is 3.22. The number of ketones is 1. The van der Waals surface area contributed by atoms with Gasteiger partial charge >= 0.3 is 0 Å². The van der Waals surface area contributed by atoms with E-state index in [-0.39, 0.29) is 23.4 Å². The first-order chi connectivity index (χ1) is 14.1. The van der Waals surface area contributed by atoms with Crippen LogP contribution >= 0.6 is 0 Å². The number of carbonyl (C=O) groups excluding carboxylic acids is 2. The van der Waals surface area contributed by atoms with Gasteiger partial charge in [0.1, 0.15) is 30.1 Å². The van der Waals surface area contributed by atoms with Crippen LogP contribution in [0.2, 0.25) is 0 Å². The number of Topliss-reactive ketones (excluding diaryl/α,β-unsaturated/α-hetero) is 1. The van der Waals surface area contributed by atoms with E-state index in [1.165, 1.54) is 12.5 Å². The highest BCUT2D eigenvalue weighted by Gasteiger charge is 2.34. The largest absolute Gasteiger partial charge is 0.472 e. The summed E-state index contributed by atoms with van der Waals surface area (Å²) in [4.78, 5) is 41.0. The third kappa shape index (κ3) is 3.76. The molecule has 0 spiro atoms. The molecule has 9 nitrogen and oxygen atoms in total. The van der Waals surface area contributed by atoms with Crippen LogP contribution in [0, 0.1) is 11.3 Å². The van der Waals surface area contributed by atoms with E-state index >= 15 is 0 Å². The topological polar surface area (TPSA) is 112 Å². The second kappa shape index (κ2) is 8.09. The molecular weight excluding hydrogens is 372 g/mol. The lowest BCUT2D eigenvalue weighted by molar-refractivity contribution is -0.130. The molecule has 1 amide bonds. The van der Waals surface area contributed by atoms with Gasteiger partial charge in [-0.05, 0) is 0 Å². The predicted octanol–water partition coefficient (Wildman–Crippen LogP) is 0.654. The van der Waals surface area contributed by atoms with Gasteiger partial charge in [0.05, 0.1) is 12.2 Å². The van der Waals surface area contributed by atoms with Gasteiger partial charge in [0.25, 0.3) is 0 Å². The molecule has 1 fully saturated rings. The number of amides is 1. The van der Waals surface area contributed by atoms with Crippen LogP contribution in [0.15, 0.2) is 23.1 Å². The van der Waals surface area contributed by atoms with Crippen molar-refractivity contribution >= 4 is 17.9 Å². The van der Waals surface area contributed by atoms with Crippen LogP contribution in [0.25, 0.3) is 0 Å². The molecule has 0 aliphatic carbocycles. The number of likely N-dealkylation sites (tertiary alicyclic amines) is 1.